The molecule has 1 amide bonds. The van der Waals surface area contributed by atoms with E-state index in [2.05, 4.69) is 17.0 Å². The third-order valence-corrected chi connectivity index (χ3v) is 5.32. The Balaban J connectivity index is 1.80. The summed E-state index contributed by atoms with van der Waals surface area (Å²) < 4.78 is 1.19. The van der Waals surface area contributed by atoms with Crippen molar-refractivity contribution in [3.05, 3.63) is 35.2 Å². The summed E-state index contributed by atoms with van der Waals surface area (Å²) in [6.07, 6.45) is 4.25. The third-order valence-electron chi connectivity index (χ3n) is 3.95. The lowest BCUT2D eigenvalue weighted by atomic mass is 10.1. The van der Waals surface area contributed by atoms with Crippen molar-refractivity contribution in [2.45, 2.75) is 31.7 Å². The SMILES string of the molecule is O=C(c1cc2ccccc2s1)N1CCCC1CCCCl. The number of hydrogen-bond acceptors (Lipinski definition) is 2. The van der Waals surface area contributed by atoms with Gasteiger partial charge in [0.2, 0.25) is 0 Å². The van der Waals surface area contributed by atoms with E-state index in [-0.39, 0.29) is 5.91 Å². The Morgan fingerprint density at radius 3 is 3.05 bits per heavy atom. The van der Waals surface area contributed by atoms with Crippen LogP contribution in [-0.2, 0) is 0 Å². The van der Waals surface area contributed by atoms with Crippen molar-refractivity contribution in [3.8, 4) is 0 Å². The number of carbonyl (C=O) groups excluding carboxylic acids is 1. The fraction of sp³-hybridized carbons (Fsp3) is 0.438. The summed E-state index contributed by atoms with van der Waals surface area (Å²) in [7, 11) is 0. The number of hydrogen-bond donors (Lipinski definition) is 0. The van der Waals surface area contributed by atoms with Crippen molar-refractivity contribution < 1.29 is 4.79 Å². The quantitative estimate of drug-likeness (QED) is 0.760. The summed E-state index contributed by atoms with van der Waals surface area (Å²) in [6.45, 7) is 0.889. The van der Waals surface area contributed by atoms with Crippen LogP contribution in [0.1, 0.15) is 35.4 Å². The fourth-order valence-electron chi connectivity index (χ4n) is 2.94. The van der Waals surface area contributed by atoms with Gasteiger partial charge in [0.1, 0.15) is 0 Å². The van der Waals surface area contributed by atoms with Crippen molar-refractivity contribution in [1.29, 1.82) is 0 Å². The van der Waals surface area contributed by atoms with Crippen molar-refractivity contribution in [2.75, 3.05) is 12.4 Å². The van der Waals surface area contributed by atoms with Crippen LogP contribution in [0.3, 0.4) is 0 Å². The second kappa shape index (κ2) is 6.15. The van der Waals surface area contributed by atoms with Gasteiger partial charge in [-0.05, 0) is 43.2 Å². The molecule has 0 radical (unpaired) electrons. The normalized spacial score (nSPS) is 18.9. The molecule has 1 aromatic heterocycles. The monoisotopic (exact) mass is 307 g/mol. The van der Waals surface area contributed by atoms with Gasteiger partial charge in [-0.2, -0.15) is 0 Å². The average molecular weight is 308 g/mol. The Morgan fingerprint density at radius 1 is 1.40 bits per heavy atom. The van der Waals surface area contributed by atoms with Gasteiger partial charge in [0, 0.05) is 23.2 Å². The largest absolute Gasteiger partial charge is 0.335 e. The predicted molar refractivity (Wildman–Crippen MR) is 85.8 cm³/mol. The van der Waals surface area contributed by atoms with Gasteiger partial charge in [0.25, 0.3) is 5.91 Å². The van der Waals surface area contributed by atoms with Crippen LogP contribution >= 0.6 is 22.9 Å². The molecule has 1 aliphatic heterocycles. The number of alkyl halides is 1. The van der Waals surface area contributed by atoms with Crippen molar-refractivity contribution in [3.63, 3.8) is 0 Å². The number of likely N-dealkylation sites (tertiary alicyclic amines) is 1. The molecule has 1 atom stereocenters. The molecule has 1 aliphatic rings. The summed E-state index contributed by atoms with van der Waals surface area (Å²) >= 11 is 7.38. The van der Waals surface area contributed by atoms with E-state index in [0.717, 1.165) is 42.5 Å². The van der Waals surface area contributed by atoms with E-state index in [9.17, 15) is 4.79 Å². The number of amides is 1. The van der Waals surface area contributed by atoms with Crippen molar-refractivity contribution >= 4 is 38.9 Å². The Morgan fingerprint density at radius 2 is 2.25 bits per heavy atom. The number of thiophene rings is 1. The first kappa shape index (κ1) is 13.9. The van der Waals surface area contributed by atoms with E-state index in [1.165, 1.54) is 4.70 Å². The zero-order valence-corrected chi connectivity index (χ0v) is 12.9. The van der Waals surface area contributed by atoms with Crippen molar-refractivity contribution in [1.82, 2.24) is 4.90 Å². The lowest BCUT2D eigenvalue weighted by Crippen LogP contribution is -2.35. The highest BCUT2D eigenvalue weighted by Gasteiger charge is 2.29. The standard InChI is InChI=1S/C16H18ClNOS/c17-9-3-6-13-7-4-10-18(13)16(19)15-11-12-5-1-2-8-14(12)20-15/h1-2,5,8,11,13H,3-4,6-7,9-10H2. The molecule has 0 aliphatic carbocycles. The van der Waals surface area contributed by atoms with Crippen LogP contribution in [-0.4, -0.2) is 29.3 Å². The topological polar surface area (TPSA) is 20.3 Å². The number of nitrogens with zero attached hydrogens (tertiary/aromatic N) is 1. The first-order valence-electron chi connectivity index (χ1n) is 7.15. The molecular formula is C16H18ClNOS. The van der Waals surface area contributed by atoms with Gasteiger partial charge in [-0.3, -0.25) is 4.79 Å². The summed E-state index contributed by atoms with van der Waals surface area (Å²) in [5.74, 6) is 0.879. The fourth-order valence-corrected chi connectivity index (χ4v) is 4.12. The first-order chi connectivity index (χ1) is 9.79. The summed E-state index contributed by atoms with van der Waals surface area (Å²) in [5.41, 5.74) is 0. The third kappa shape index (κ3) is 2.70. The average Bonchev–Trinajstić information content (AvgIpc) is 3.10. The van der Waals surface area contributed by atoms with Gasteiger partial charge in [0.15, 0.2) is 0 Å². The molecule has 1 saturated heterocycles. The summed E-state index contributed by atoms with van der Waals surface area (Å²) in [6, 6.07) is 10.6. The molecule has 0 saturated carbocycles. The molecule has 0 bridgehead atoms. The van der Waals surface area contributed by atoms with E-state index in [0.29, 0.717) is 11.9 Å². The lowest BCUT2D eigenvalue weighted by Gasteiger charge is -2.23. The summed E-state index contributed by atoms with van der Waals surface area (Å²) in [5, 5.41) is 1.16. The molecular weight excluding hydrogens is 290 g/mol. The zero-order chi connectivity index (χ0) is 13.9. The Labute approximate surface area is 128 Å². The molecule has 1 aromatic carbocycles. The minimum absolute atomic E-state index is 0.197. The molecule has 0 spiro atoms. The number of rotatable bonds is 4. The second-order valence-electron chi connectivity index (χ2n) is 5.27. The van der Waals surface area contributed by atoms with E-state index in [1.807, 2.05) is 18.2 Å². The minimum atomic E-state index is 0.197. The van der Waals surface area contributed by atoms with Crippen LogP contribution in [0.15, 0.2) is 30.3 Å². The lowest BCUT2D eigenvalue weighted by molar-refractivity contribution is 0.0735. The highest BCUT2D eigenvalue weighted by atomic mass is 35.5. The second-order valence-corrected chi connectivity index (χ2v) is 6.74. The van der Waals surface area contributed by atoms with Crippen LogP contribution < -0.4 is 0 Å². The van der Waals surface area contributed by atoms with Crippen LogP contribution in [0.2, 0.25) is 0 Å². The molecule has 0 N–H and O–H groups in total. The molecule has 106 valence electrons. The van der Waals surface area contributed by atoms with Gasteiger partial charge in [-0.15, -0.1) is 22.9 Å². The maximum absolute atomic E-state index is 12.7. The number of halogens is 1. The van der Waals surface area contributed by atoms with Gasteiger partial charge in [-0.1, -0.05) is 18.2 Å². The minimum Gasteiger partial charge on any atom is -0.335 e. The Kier molecular flexibility index (Phi) is 4.27. The molecule has 20 heavy (non-hydrogen) atoms. The first-order valence-corrected chi connectivity index (χ1v) is 8.50. The predicted octanol–water partition coefficient (Wildman–Crippen LogP) is 4.52. The summed E-state index contributed by atoms with van der Waals surface area (Å²) in [4.78, 5) is 15.6. The van der Waals surface area contributed by atoms with Crippen LogP contribution in [0.5, 0.6) is 0 Å². The maximum atomic E-state index is 12.7. The highest BCUT2D eigenvalue weighted by Crippen LogP contribution is 2.29. The van der Waals surface area contributed by atoms with Gasteiger partial charge >= 0.3 is 0 Å². The number of fused-ring (bicyclic) bond motifs is 1. The van der Waals surface area contributed by atoms with Crippen LogP contribution in [0, 0.1) is 0 Å². The van der Waals surface area contributed by atoms with Gasteiger partial charge < -0.3 is 4.90 Å². The number of carbonyl (C=O) groups is 1. The molecule has 1 unspecified atom stereocenters. The van der Waals surface area contributed by atoms with Gasteiger partial charge in [-0.25, -0.2) is 0 Å². The Hall–Kier alpha value is -1.06. The molecule has 3 rings (SSSR count). The van der Waals surface area contributed by atoms with Crippen LogP contribution in [0.25, 0.3) is 10.1 Å². The van der Waals surface area contributed by atoms with E-state index < -0.39 is 0 Å². The van der Waals surface area contributed by atoms with E-state index >= 15 is 0 Å². The van der Waals surface area contributed by atoms with Crippen LogP contribution in [0.4, 0.5) is 0 Å². The highest BCUT2D eigenvalue weighted by molar-refractivity contribution is 7.20. The molecule has 4 heteroatoms. The molecule has 2 nitrogen and oxygen atoms in total. The van der Waals surface area contributed by atoms with E-state index in [4.69, 9.17) is 11.6 Å². The Bertz CT molecular complexity index is 576. The van der Waals surface area contributed by atoms with Gasteiger partial charge in [0.05, 0.1) is 4.88 Å². The number of benzene rings is 1. The smallest absolute Gasteiger partial charge is 0.264 e. The molecule has 1 fully saturated rings. The zero-order valence-electron chi connectivity index (χ0n) is 11.3. The molecule has 2 aromatic rings. The van der Waals surface area contributed by atoms with Crippen molar-refractivity contribution in [2.24, 2.45) is 0 Å². The van der Waals surface area contributed by atoms with E-state index in [1.54, 1.807) is 11.3 Å². The maximum Gasteiger partial charge on any atom is 0.264 e. The molecule has 2 heterocycles.